The van der Waals surface area contributed by atoms with E-state index in [1.165, 1.54) is 19.3 Å². The van der Waals surface area contributed by atoms with Crippen LogP contribution < -0.4 is 0 Å². The number of allylic oxidation sites excluding steroid dienone is 1. The van der Waals surface area contributed by atoms with Crippen LogP contribution in [0.3, 0.4) is 0 Å². The van der Waals surface area contributed by atoms with Gasteiger partial charge in [-0.3, -0.25) is 19.2 Å². The van der Waals surface area contributed by atoms with Crippen molar-refractivity contribution < 1.29 is 57.4 Å². The average molecular weight is 624 g/mol. The van der Waals surface area contributed by atoms with E-state index in [-0.39, 0.29) is 5.57 Å². The number of aliphatic hydroxyl groups excluding tert-OH is 1. The van der Waals surface area contributed by atoms with E-state index in [0.717, 1.165) is 0 Å². The molecule has 1 heterocycles. The van der Waals surface area contributed by atoms with E-state index in [9.17, 15) is 29.5 Å². The minimum absolute atomic E-state index is 0.262. The van der Waals surface area contributed by atoms with Gasteiger partial charge in [0.25, 0.3) is 0 Å². The largest absolute Gasteiger partial charge is 0.463 e. The highest BCUT2D eigenvalue weighted by atomic mass is 16.7. The molecule has 1 aliphatic heterocycles. The van der Waals surface area contributed by atoms with Gasteiger partial charge in [0.05, 0.1) is 29.7 Å². The Labute approximate surface area is 258 Å². The van der Waals surface area contributed by atoms with Gasteiger partial charge in [0, 0.05) is 13.2 Å². The Morgan fingerprint density at radius 2 is 1.36 bits per heavy atom. The van der Waals surface area contributed by atoms with Crippen LogP contribution in [0.4, 0.5) is 0 Å². The first-order valence-electron chi connectivity index (χ1n) is 14.7. The second kappa shape index (κ2) is 16.7. The van der Waals surface area contributed by atoms with Gasteiger partial charge in [-0.15, -0.1) is 0 Å². The Bertz CT molecular complexity index is 1120. The highest BCUT2D eigenvalue weighted by molar-refractivity contribution is 5.74. The third-order valence-corrected chi connectivity index (χ3v) is 6.86. The van der Waals surface area contributed by atoms with E-state index < -0.39 is 103 Å². The number of carbonyl (C=O) groups excluding carboxylic acids is 4. The van der Waals surface area contributed by atoms with Crippen molar-refractivity contribution in [3.8, 4) is 6.07 Å². The van der Waals surface area contributed by atoms with Crippen LogP contribution in [0.2, 0.25) is 0 Å². The lowest BCUT2D eigenvalue weighted by atomic mass is 9.92. The number of carbonyl (C=O) groups is 4. The second-order valence-corrected chi connectivity index (χ2v) is 11.9. The molecule has 1 saturated heterocycles. The van der Waals surface area contributed by atoms with Crippen LogP contribution in [0.15, 0.2) is 23.8 Å². The minimum Gasteiger partial charge on any atom is -0.463 e. The van der Waals surface area contributed by atoms with Crippen molar-refractivity contribution in [2.75, 3.05) is 13.7 Å². The quantitative estimate of drug-likeness (QED) is 0.191. The van der Waals surface area contributed by atoms with Crippen molar-refractivity contribution in [1.29, 1.82) is 5.26 Å². The predicted octanol–water partition coefficient (Wildman–Crippen LogP) is 2.39. The van der Waals surface area contributed by atoms with Crippen molar-refractivity contribution >= 4 is 23.9 Å². The van der Waals surface area contributed by atoms with Crippen molar-refractivity contribution in [3.05, 3.63) is 23.8 Å². The number of methoxy groups -OCH3 is 1. The summed E-state index contributed by atoms with van der Waals surface area (Å²) in [6, 6.07) is 1.90. The molecule has 1 aliphatic carbocycles. The number of ether oxygens (including phenoxy) is 7. The van der Waals surface area contributed by atoms with Gasteiger partial charge in [-0.2, -0.15) is 5.26 Å². The number of hydrogen-bond acceptors (Lipinski definition) is 13. The van der Waals surface area contributed by atoms with Crippen molar-refractivity contribution in [2.45, 2.75) is 104 Å². The second-order valence-electron chi connectivity index (χ2n) is 11.9. The molecule has 0 spiro atoms. The summed E-state index contributed by atoms with van der Waals surface area (Å²) in [6.07, 6.45) is -6.35. The molecule has 246 valence electrons. The molecule has 0 unspecified atom stereocenters. The molecule has 1 fully saturated rings. The van der Waals surface area contributed by atoms with E-state index in [1.54, 1.807) is 61.5 Å². The topological polar surface area (TPSA) is 177 Å². The van der Waals surface area contributed by atoms with E-state index in [4.69, 9.17) is 33.2 Å². The summed E-state index contributed by atoms with van der Waals surface area (Å²) in [5.41, 5.74) is 0.262. The predicted molar refractivity (Wildman–Crippen MR) is 153 cm³/mol. The Morgan fingerprint density at radius 1 is 0.864 bits per heavy atom. The first-order valence-corrected chi connectivity index (χ1v) is 14.7. The molecule has 44 heavy (non-hydrogen) atoms. The van der Waals surface area contributed by atoms with Crippen molar-refractivity contribution in [3.63, 3.8) is 0 Å². The Hall–Kier alpha value is -3.31. The molecule has 0 aromatic rings. The summed E-state index contributed by atoms with van der Waals surface area (Å²) in [4.78, 5) is 51.2. The molecule has 0 bridgehead atoms. The lowest BCUT2D eigenvalue weighted by molar-refractivity contribution is -0.322. The highest BCUT2D eigenvalue weighted by Gasteiger charge is 2.55. The third kappa shape index (κ3) is 9.59. The lowest BCUT2D eigenvalue weighted by Gasteiger charge is -2.46. The van der Waals surface area contributed by atoms with Gasteiger partial charge in [-0.1, -0.05) is 67.5 Å². The molecule has 0 saturated carbocycles. The minimum atomic E-state index is -1.56. The average Bonchev–Trinajstić information content (AvgIpc) is 2.95. The lowest BCUT2D eigenvalue weighted by Crippen LogP contribution is -2.64. The zero-order chi connectivity index (χ0) is 33.3. The molecule has 0 amide bonds. The first-order chi connectivity index (χ1) is 20.6. The molecule has 2 aliphatic rings. The molecule has 0 aromatic heterocycles. The van der Waals surface area contributed by atoms with Crippen LogP contribution >= 0.6 is 0 Å². The first kappa shape index (κ1) is 36.9. The van der Waals surface area contributed by atoms with Gasteiger partial charge >= 0.3 is 23.9 Å². The summed E-state index contributed by atoms with van der Waals surface area (Å²) in [5.74, 6) is -5.01. The standard InChI is InChI=1S/C31H45NO12/c1-15(2)27(34)39-14-21-24(41-28(35)16(3)4)25(42-29(36)17(5)6)26(43-30(37)18(7)8)31(40-21)44-23-19(12-13-32)10-11-20(38-9)22(23)33/h10-12,15-18,20-26,31,33H,14H2,1-9H3/b19-12+/t20-,21-,22+,23+,24-,25+,26-,31+/m1/s1. The number of esters is 4. The number of nitriles is 1. The summed E-state index contributed by atoms with van der Waals surface area (Å²) in [5, 5.41) is 20.5. The fourth-order valence-electron chi connectivity index (χ4n) is 4.18. The van der Waals surface area contributed by atoms with Crippen LogP contribution in [-0.4, -0.2) is 91.7 Å². The van der Waals surface area contributed by atoms with Crippen LogP contribution in [0.25, 0.3) is 0 Å². The maximum absolute atomic E-state index is 13.0. The van der Waals surface area contributed by atoms with Gasteiger partial charge in [0.1, 0.15) is 31.0 Å². The zero-order valence-corrected chi connectivity index (χ0v) is 26.8. The van der Waals surface area contributed by atoms with Gasteiger partial charge in [0.15, 0.2) is 24.6 Å². The molecule has 13 nitrogen and oxygen atoms in total. The van der Waals surface area contributed by atoms with Gasteiger partial charge in [-0.25, -0.2) is 0 Å². The van der Waals surface area contributed by atoms with Gasteiger partial charge in [0.2, 0.25) is 0 Å². The highest BCUT2D eigenvalue weighted by Crippen LogP contribution is 2.34. The van der Waals surface area contributed by atoms with Crippen LogP contribution in [0.1, 0.15) is 55.4 Å². The summed E-state index contributed by atoms with van der Waals surface area (Å²) >= 11 is 0. The molecule has 2 rings (SSSR count). The molecule has 0 aromatic carbocycles. The van der Waals surface area contributed by atoms with Crippen molar-refractivity contribution in [1.82, 2.24) is 0 Å². The maximum Gasteiger partial charge on any atom is 0.308 e. The van der Waals surface area contributed by atoms with Crippen LogP contribution in [0, 0.1) is 35.0 Å². The van der Waals surface area contributed by atoms with E-state index in [2.05, 4.69) is 0 Å². The Kier molecular flexibility index (Phi) is 14.0. The van der Waals surface area contributed by atoms with Crippen LogP contribution in [-0.2, 0) is 52.3 Å². The fraction of sp³-hybridized carbons (Fsp3) is 0.710. The molecule has 0 radical (unpaired) electrons. The fourth-order valence-corrected chi connectivity index (χ4v) is 4.18. The SMILES string of the molecule is CO[C@@H]1C=C/C(=C\C#N)[C@H](O[C@@H]2O[C@H](COC(=O)C(C)C)[C@@H](OC(=O)C(C)C)[C@H](OC(=O)C(C)C)[C@H]2OC(=O)C(C)C)[C@H]1O. The number of rotatable bonds is 12. The third-order valence-electron chi connectivity index (χ3n) is 6.86. The number of aliphatic hydroxyl groups is 1. The number of hydrogen-bond donors (Lipinski definition) is 1. The van der Waals surface area contributed by atoms with E-state index in [1.807, 2.05) is 6.07 Å². The number of nitrogens with zero attached hydrogens (tertiary/aromatic N) is 1. The Morgan fingerprint density at radius 3 is 1.84 bits per heavy atom. The van der Waals surface area contributed by atoms with Crippen molar-refractivity contribution in [2.24, 2.45) is 23.7 Å². The summed E-state index contributed by atoms with van der Waals surface area (Å²) in [7, 11) is 1.38. The smallest absolute Gasteiger partial charge is 0.308 e. The molecular formula is C31H45NO12. The molecule has 1 N–H and O–H groups in total. The van der Waals surface area contributed by atoms with E-state index >= 15 is 0 Å². The maximum atomic E-state index is 13.0. The molecule has 13 heteroatoms. The Balaban J connectivity index is 2.69. The monoisotopic (exact) mass is 623 g/mol. The normalized spacial score (nSPS) is 29.5. The zero-order valence-electron chi connectivity index (χ0n) is 26.8. The molecular weight excluding hydrogens is 578 g/mol. The van der Waals surface area contributed by atoms with Gasteiger partial charge < -0.3 is 38.3 Å². The van der Waals surface area contributed by atoms with Crippen LogP contribution in [0.5, 0.6) is 0 Å². The van der Waals surface area contributed by atoms with Gasteiger partial charge in [-0.05, 0) is 5.57 Å². The molecule has 8 atom stereocenters. The van der Waals surface area contributed by atoms with E-state index in [0.29, 0.717) is 0 Å². The summed E-state index contributed by atoms with van der Waals surface area (Å²) in [6.45, 7) is 12.4. The summed E-state index contributed by atoms with van der Waals surface area (Å²) < 4.78 is 40.5.